The first-order valence-electron chi connectivity index (χ1n) is 8.19. The number of amides is 1. The molecule has 0 radical (unpaired) electrons. The zero-order valence-electron chi connectivity index (χ0n) is 14.5. The lowest BCUT2D eigenvalue weighted by molar-refractivity contribution is -0.122. The Kier molecular flexibility index (Phi) is 8.86. The zero-order valence-corrected chi connectivity index (χ0v) is 15.4. The van der Waals surface area contributed by atoms with Gasteiger partial charge in [-0.15, -0.1) is 0 Å². The van der Waals surface area contributed by atoms with E-state index in [1.807, 2.05) is 0 Å². The standard InChI is InChI=1S/C14H28N3O6P/c1-4-21-14(19)17-8-7-16-12(9-17)13(18)11(15)10-24(20,22-5-2)23-6-3/h11-12,16H,4-10,15H2,1-3H3/t11-,12?/m0/s1. The van der Waals surface area contributed by atoms with Gasteiger partial charge in [-0.2, -0.15) is 0 Å². The number of carbonyl (C=O) groups is 2. The number of carbonyl (C=O) groups excluding carboxylic acids is 2. The lowest BCUT2D eigenvalue weighted by Crippen LogP contribution is -2.59. The van der Waals surface area contributed by atoms with Crippen LogP contribution in [0.4, 0.5) is 4.79 Å². The van der Waals surface area contributed by atoms with Crippen LogP contribution in [0.2, 0.25) is 0 Å². The van der Waals surface area contributed by atoms with Crippen molar-refractivity contribution < 1.29 is 27.9 Å². The Morgan fingerprint density at radius 3 is 2.42 bits per heavy atom. The van der Waals surface area contributed by atoms with Crippen LogP contribution in [0.25, 0.3) is 0 Å². The number of nitrogens with one attached hydrogen (secondary N) is 1. The topological polar surface area (TPSA) is 120 Å². The molecule has 1 fully saturated rings. The maximum atomic E-state index is 12.5. The average molecular weight is 365 g/mol. The molecule has 0 saturated carbocycles. The van der Waals surface area contributed by atoms with E-state index in [9.17, 15) is 14.2 Å². The van der Waals surface area contributed by atoms with E-state index in [1.54, 1.807) is 20.8 Å². The molecule has 1 saturated heterocycles. The summed E-state index contributed by atoms with van der Waals surface area (Å²) < 4.78 is 27.8. The van der Waals surface area contributed by atoms with Crippen molar-refractivity contribution in [2.75, 3.05) is 45.6 Å². The number of hydrogen-bond acceptors (Lipinski definition) is 8. The number of nitrogens with zero attached hydrogens (tertiary/aromatic N) is 1. The summed E-state index contributed by atoms with van der Waals surface area (Å²) in [6.45, 7) is 6.86. The largest absolute Gasteiger partial charge is 0.450 e. The molecule has 3 N–H and O–H groups in total. The summed E-state index contributed by atoms with van der Waals surface area (Å²) in [5.74, 6) is -0.330. The molecule has 1 rings (SSSR count). The molecule has 9 nitrogen and oxygen atoms in total. The lowest BCUT2D eigenvalue weighted by Gasteiger charge is -2.33. The second-order valence-electron chi connectivity index (χ2n) is 5.29. The lowest BCUT2D eigenvalue weighted by atomic mass is 10.1. The quantitative estimate of drug-likeness (QED) is 0.569. The Labute approximate surface area is 142 Å². The van der Waals surface area contributed by atoms with Gasteiger partial charge in [0, 0.05) is 19.6 Å². The number of hydrogen-bond donors (Lipinski definition) is 2. The Morgan fingerprint density at radius 2 is 1.88 bits per heavy atom. The van der Waals surface area contributed by atoms with Crippen LogP contribution in [0.1, 0.15) is 20.8 Å². The Bertz CT molecular complexity index is 465. The molecular formula is C14H28N3O6P. The van der Waals surface area contributed by atoms with Crippen LogP contribution >= 0.6 is 7.60 Å². The molecule has 10 heteroatoms. The van der Waals surface area contributed by atoms with Crippen molar-refractivity contribution in [2.45, 2.75) is 32.9 Å². The molecule has 0 aliphatic carbocycles. The molecule has 0 aromatic carbocycles. The van der Waals surface area contributed by atoms with Crippen LogP contribution < -0.4 is 11.1 Å². The summed E-state index contributed by atoms with van der Waals surface area (Å²) in [4.78, 5) is 25.8. The van der Waals surface area contributed by atoms with E-state index < -0.39 is 25.8 Å². The summed E-state index contributed by atoms with van der Waals surface area (Å²) in [6, 6.07) is -1.64. The van der Waals surface area contributed by atoms with Gasteiger partial charge in [-0.3, -0.25) is 9.36 Å². The van der Waals surface area contributed by atoms with Gasteiger partial charge in [-0.05, 0) is 20.8 Å². The van der Waals surface area contributed by atoms with E-state index in [0.29, 0.717) is 13.1 Å². The number of rotatable bonds is 9. The van der Waals surface area contributed by atoms with E-state index in [-0.39, 0.29) is 38.3 Å². The molecule has 1 aliphatic rings. The summed E-state index contributed by atoms with van der Waals surface area (Å²) in [5.41, 5.74) is 5.92. The fraction of sp³-hybridized carbons (Fsp3) is 0.857. The molecule has 0 bridgehead atoms. The first-order chi connectivity index (χ1) is 11.4. The van der Waals surface area contributed by atoms with Crippen LogP contribution in [0, 0.1) is 0 Å². The van der Waals surface area contributed by atoms with Crippen molar-refractivity contribution in [1.82, 2.24) is 10.2 Å². The molecule has 1 unspecified atom stereocenters. The highest BCUT2D eigenvalue weighted by molar-refractivity contribution is 7.54. The molecule has 140 valence electrons. The summed E-state index contributed by atoms with van der Waals surface area (Å²) in [5, 5.41) is 3.03. The highest BCUT2D eigenvalue weighted by atomic mass is 31.2. The second-order valence-corrected chi connectivity index (χ2v) is 7.39. The minimum absolute atomic E-state index is 0.166. The number of piperazine rings is 1. The Morgan fingerprint density at radius 1 is 1.25 bits per heavy atom. The van der Waals surface area contributed by atoms with Gasteiger partial charge in [-0.25, -0.2) is 4.79 Å². The fourth-order valence-electron chi connectivity index (χ4n) is 2.45. The molecule has 1 amide bonds. The van der Waals surface area contributed by atoms with Gasteiger partial charge in [0.1, 0.15) is 0 Å². The van der Waals surface area contributed by atoms with Gasteiger partial charge >= 0.3 is 13.7 Å². The van der Waals surface area contributed by atoms with Crippen molar-refractivity contribution in [1.29, 1.82) is 0 Å². The van der Waals surface area contributed by atoms with Crippen LogP contribution in [0.3, 0.4) is 0 Å². The van der Waals surface area contributed by atoms with Gasteiger partial charge < -0.3 is 29.7 Å². The van der Waals surface area contributed by atoms with Gasteiger partial charge in [0.05, 0.1) is 38.1 Å². The molecule has 1 aliphatic heterocycles. The third-order valence-electron chi connectivity index (χ3n) is 3.48. The molecular weight excluding hydrogens is 337 g/mol. The monoisotopic (exact) mass is 365 g/mol. The fourth-order valence-corrected chi connectivity index (χ4v) is 4.18. The molecule has 24 heavy (non-hydrogen) atoms. The van der Waals surface area contributed by atoms with Crippen molar-refractivity contribution in [3.8, 4) is 0 Å². The minimum Gasteiger partial charge on any atom is -0.450 e. The first kappa shape index (κ1) is 21.1. The molecule has 0 spiro atoms. The van der Waals surface area contributed by atoms with Crippen LogP contribution in [-0.2, 0) is 23.1 Å². The SMILES string of the molecule is CCOC(=O)N1CCNC(C(=O)[C@@H](N)CP(=O)(OCC)OCC)C1. The summed E-state index contributed by atoms with van der Waals surface area (Å²) in [7, 11) is -3.40. The van der Waals surface area contributed by atoms with Crippen molar-refractivity contribution >= 4 is 19.5 Å². The predicted molar refractivity (Wildman–Crippen MR) is 89.1 cm³/mol. The van der Waals surface area contributed by atoms with Crippen LogP contribution in [0.15, 0.2) is 0 Å². The Balaban J connectivity index is 2.67. The van der Waals surface area contributed by atoms with Crippen LogP contribution in [-0.4, -0.2) is 74.5 Å². The average Bonchev–Trinajstić information content (AvgIpc) is 2.54. The van der Waals surface area contributed by atoms with E-state index in [1.165, 1.54) is 4.90 Å². The van der Waals surface area contributed by atoms with E-state index in [2.05, 4.69) is 5.32 Å². The first-order valence-corrected chi connectivity index (χ1v) is 9.92. The highest BCUT2D eigenvalue weighted by Crippen LogP contribution is 2.48. The van der Waals surface area contributed by atoms with Crippen LogP contribution in [0.5, 0.6) is 0 Å². The van der Waals surface area contributed by atoms with Gasteiger partial charge in [0.2, 0.25) is 0 Å². The summed E-state index contributed by atoms with van der Waals surface area (Å²) >= 11 is 0. The highest BCUT2D eigenvalue weighted by Gasteiger charge is 2.36. The van der Waals surface area contributed by atoms with Gasteiger partial charge in [0.25, 0.3) is 0 Å². The maximum absolute atomic E-state index is 12.5. The maximum Gasteiger partial charge on any atom is 0.409 e. The van der Waals surface area contributed by atoms with Crippen molar-refractivity contribution in [3.05, 3.63) is 0 Å². The normalized spacial score (nSPS) is 19.8. The van der Waals surface area contributed by atoms with E-state index >= 15 is 0 Å². The number of ether oxygens (including phenoxy) is 1. The zero-order chi connectivity index (χ0) is 18.2. The van der Waals surface area contributed by atoms with E-state index in [0.717, 1.165) is 0 Å². The predicted octanol–water partition coefficient (Wildman–Crippen LogP) is 0.579. The smallest absolute Gasteiger partial charge is 0.409 e. The Hall–Kier alpha value is -0.990. The van der Waals surface area contributed by atoms with Gasteiger partial charge in [-0.1, -0.05) is 0 Å². The molecule has 2 atom stereocenters. The number of Topliss-reactive ketones (excluding diaryl/α,β-unsaturated/α-hetero) is 1. The van der Waals surface area contributed by atoms with Crippen molar-refractivity contribution in [2.24, 2.45) is 5.73 Å². The molecule has 0 aromatic rings. The molecule has 1 heterocycles. The number of nitrogens with two attached hydrogens (primary N) is 1. The van der Waals surface area contributed by atoms with Crippen molar-refractivity contribution in [3.63, 3.8) is 0 Å². The van der Waals surface area contributed by atoms with E-state index in [4.69, 9.17) is 19.5 Å². The minimum atomic E-state index is -3.40. The number of ketones is 1. The summed E-state index contributed by atoms with van der Waals surface area (Å²) in [6.07, 6.45) is -0.648. The second kappa shape index (κ2) is 10.1. The third-order valence-corrected chi connectivity index (χ3v) is 5.63. The van der Waals surface area contributed by atoms with Gasteiger partial charge in [0.15, 0.2) is 5.78 Å². The molecule has 0 aromatic heterocycles. The third kappa shape index (κ3) is 6.14.